The molecule has 0 atom stereocenters. The van der Waals surface area contributed by atoms with Gasteiger partial charge >= 0.3 is 129 Å². The number of allylic oxidation sites excluding steroid dienone is 9. The molecule has 0 saturated heterocycles. The van der Waals surface area contributed by atoms with E-state index in [0.29, 0.717) is 0 Å². The molecule has 0 fully saturated rings. The summed E-state index contributed by atoms with van der Waals surface area (Å²) in [6, 6.07) is 4.05. The Morgan fingerprint density at radius 3 is 2.95 bits per heavy atom. The second-order valence-corrected chi connectivity index (χ2v) is 7.09. The van der Waals surface area contributed by atoms with Crippen LogP contribution in [0.3, 0.4) is 0 Å². The molecule has 20 heavy (non-hydrogen) atoms. The predicted molar refractivity (Wildman–Crippen MR) is 81.0 cm³/mol. The quantitative estimate of drug-likeness (QED) is 0.444. The summed E-state index contributed by atoms with van der Waals surface area (Å²) in [5, 5.41) is 2.03. The maximum absolute atomic E-state index is 11.4. The number of carbonyl (C=O) groups is 1. The molecule has 0 aromatic carbocycles. The standard InChI is InChI=1S/C12H9OS.C5H5.Fe/c13-9-11(10-4-1-2-5-10)8-12-6-3-7-14-12;1-2-4-5-3-1;/h1,3-4,6-9H,2H2;1-3H,4H2;/b11-8+;;. The van der Waals surface area contributed by atoms with Crippen molar-refractivity contribution in [3.05, 3.63) is 72.9 Å². The van der Waals surface area contributed by atoms with Crippen molar-refractivity contribution in [1.82, 2.24) is 0 Å². The van der Waals surface area contributed by atoms with Crippen LogP contribution in [0.2, 0.25) is 0 Å². The van der Waals surface area contributed by atoms with Crippen molar-refractivity contribution in [2.45, 2.75) is 12.8 Å². The van der Waals surface area contributed by atoms with E-state index in [0.717, 1.165) is 50.1 Å². The molecular formula is C17H14FeOS. The van der Waals surface area contributed by atoms with Crippen LogP contribution in [0.4, 0.5) is 0 Å². The Kier molecular flexibility index (Phi) is 4.31. The van der Waals surface area contributed by atoms with E-state index < -0.39 is 0 Å². The van der Waals surface area contributed by atoms with Gasteiger partial charge in [-0.2, -0.15) is 0 Å². The van der Waals surface area contributed by atoms with Crippen LogP contribution in [-0.4, -0.2) is 6.29 Å². The van der Waals surface area contributed by atoms with E-state index in [1.54, 1.807) is 11.3 Å². The van der Waals surface area contributed by atoms with E-state index in [9.17, 15) is 4.79 Å². The number of carbonyl (C=O) groups excluding carboxylic acids is 1. The number of thiophene rings is 1. The average molecular weight is 322 g/mol. The van der Waals surface area contributed by atoms with Gasteiger partial charge in [0.1, 0.15) is 0 Å². The second-order valence-electron chi connectivity index (χ2n) is 4.46. The molecule has 2 aliphatic rings. The number of rotatable bonds is 5. The van der Waals surface area contributed by atoms with Gasteiger partial charge in [-0.05, 0) is 0 Å². The third-order valence-electron chi connectivity index (χ3n) is 3.08. The van der Waals surface area contributed by atoms with E-state index in [4.69, 9.17) is 0 Å². The predicted octanol–water partition coefficient (Wildman–Crippen LogP) is 4.47. The molecule has 0 saturated carbocycles. The van der Waals surface area contributed by atoms with Crippen LogP contribution in [0.1, 0.15) is 17.7 Å². The summed E-state index contributed by atoms with van der Waals surface area (Å²) in [6.07, 6.45) is 15.7. The molecule has 0 aliphatic heterocycles. The van der Waals surface area contributed by atoms with Crippen LogP contribution < -0.4 is 0 Å². The van der Waals surface area contributed by atoms with Crippen molar-refractivity contribution in [1.29, 1.82) is 0 Å². The first-order valence-corrected chi connectivity index (χ1v) is 8.44. The monoisotopic (exact) mass is 322 g/mol. The zero-order valence-corrected chi connectivity index (χ0v) is 12.8. The Hall–Kier alpha value is -1.41. The van der Waals surface area contributed by atoms with E-state index in [1.807, 2.05) is 23.6 Å². The minimum absolute atomic E-state index is 0.794. The molecule has 1 aromatic heterocycles. The van der Waals surface area contributed by atoms with Crippen LogP contribution in [0.5, 0.6) is 0 Å². The van der Waals surface area contributed by atoms with Gasteiger partial charge in [0, 0.05) is 0 Å². The van der Waals surface area contributed by atoms with Crippen LogP contribution >= 0.6 is 11.3 Å². The van der Waals surface area contributed by atoms with Gasteiger partial charge in [0.25, 0.3) is 0 Å². The molecule has 0 N–H and O–H groups in total. The first kappa shape index (κ1) is 13.6. The zero-order chi connectivity index (χ0) is 13.8. The Labute approximate surface area is 129 Å². The summed E-state index contributed by atoms with van der Waals surface area (Å²) >= 11 is 2.63. The molecular weight excluding hydrogens is 308 g/mol. The van der Waals surface area contributed by atoms with Crippen LogP contribution in [0.15, 0.2) is 68.0 Å². The molecule has 1 heterocycles. The van der Waals surface area contributed by atoms with Crippen molar-refractivity contribution in [2.75, 3.05) is 0 Å². The van der Waals surface area contributed by atoms with Gasteiger partial charge in [-0.15, -0.1) is 0 Å². The van der Waals surface area contributed by atoms with Gasteiger partial charge in [-0.3, -0.25) is 0 Å². The minimum atomic E-state index is 0.794. The van der Waals surface area contributed by atoms with E-state index in [1.165, 1.54) is 8.94 Å². The molecule has 3 rings (SSSR count). The fraction of sp³-hybridized carbons (Fsp3) is 0.118. The summed E-state index contributed by atoms with van der Waals surface area (Å²) in [7, 11) is 0. The molecule has 3 heteroatoms. The molecule has 1 nitrogen and oxygen atoms in total. The van der Waals surface area contributed by atoms with Crippen LogP contribution in [0, 0.1) is 0 Å². The van der Waals surface area contributed by atoms with E-state index >= 15 is 0 Å². The topological polar surface area (TPSA) is 17.1 Å². The molecule has 0 unspecified atom stereocenters. The summed E-state index contributed by atoms with van der Waals surface area (Å²) in [6.45, 7) is 0. The summed E-state index contributed by atoms with van der Waals surface area (Å²) in [5.41, 5.74) is 1.91. The first-order valence-electron chi connectivity index (χ1n) is 6.45. The Bertz CT molecular complexity index is 657. The molecule has 0 spiro atoms. The third-order valence-corrected chi connectivity index (χ3v) is 5.52. The van der Waals surface area contributed by atoms with E-state index in [2.05, 4.69) is 30.4 Å². The molecule has 102 valence electrons. The normalized spacial score (nSPS) is 18.2. The summed E-state index contributed by atoms with van der Waals surface area (Å²) in [5.74, 6) is 0. The summed E-state index contributed by atoms with van der Waals surface area (Å²) < 4.78 is 2.79. The van der Waals surface area contributed by atoms with Crippen molar-refractivity contribution in [3.63, 3.8) is 0 Å². The Morgan fingerprint density at radius 1 is 1.30 bits per heavy atom. The van der Waals surface area contributed by atoms with Crippen molar-refractivity contribution >= 4 is 23.7 Å². The van der Waals surface area contributed by atoms with Crippen molar-refractivity contribution in [3.8, 4) is 0 Å². The fourth-order valence-electron chi connectivity index (χ4n) is 2.13. The Balaban J connectivity index is 1.88. The zero-order valence-electron chi connectivity index (χ0n) is 10.9. The third kappa shape index (κ3) is 3.01. The van der Waals surface area contributed by atoms with Gasteiger partial charge in [0.05, 0.1) is 0 Å². The average Bonchev–Trinajstić information content (AvgIpc) is 3.19. The van der Waals surface area contributed by atoms with Gasteiger partial charge in [0.15, 0.2) is 0 Å². The SMILES string of the molecule is O=C/C(=C\c1cccs1)C1=[C]([Fe][C]2=CC=CC2)CC=C1. The van der Waals surface area contributed by atoms with Crippen molar-refractivity contribution in [2.24, 2.45) is 0 Å². The van der Waals surface area contributed by atoms with Crippen molar-refractivity contribution < 1.29 is 19.8 Å². The van der Waals surface area contributed by atoms with E-state index in [-0.39, 0.29) is 0 Å². The van der Waals surface area contributed by atoms with Gasteiger partial charge in [0.2, 0.25) is 0 Å². The first-order chi connectivity index (χ1) is 9.86. The van der Waals surface area contributed by atoms with Crippen LogP contribution in [-0.2, 0) is 19.8 Å². The second kappa shape index (κ2) is 6.36. The number of hydrogen-bond acceptors (Lipinski definition) is 2. The van der Waals surface area contributed by atoms with Gasteiger partial charge in [-0.1, -0.05) is 0 Å². The van der Waals surface area contributed by atoms with Crippen LogP contribution in [0.25, 0.3) is 6.08 Å². The fourth-order valence-corrected chi connectivity index (χ4v) is 4.31. The molecule has 1 aromatic rings. The molecule has 0 radical (unpaired) electrons. The van der Waals surface area contributed by atoms with Gasteiger partial charge < -0.3 is 0 Å². The maximum atomic E-state index is 11.4. The van der Waals surface area contributed by atoms with Gasteiger partial charge in [-0.25, -0.2) is 0 Å². The Morgan fingerprint density at radius 2 is 2.25 bits per heavy atom. The number of hydrogen-bond donors (Lipinski definition) is 0. The number of aldehydes is 1. The molecule has 0 bridgehead atoms. The molecule has 2 aliphatic carbocycles. The summed E-state index contributed by atoms with van der Waals surface area (Å²) in [4.78, 5) is 12.6. The molecule has 0 amide bonds.